The summed E-state index contributed by atoms with van der Waals surface area (Å²) in [4.78, 5) is 5.67. The Bertz CT molecular complexity index is 541. The second-order valence-corrected chi connectivity index (χ2v) is 8.17. The molecule has 2 rings (SSSR count). The Labute approximate surface area is 132 Å². The summed E-state index contributed by atoms with van der Waals surface area (Å²) in [6.07, 6.45) is 0. The third-order valence-corrected chi connectivity index (χ3v) is 5.80. The first kappa shape index (κ1) is 17.2. The quantitative estimate of drug-likeness (QED) is 0.568. The van der Waals surface area contributed by atoms with Crippen molar-refractivity contribution in [1.29, 1.82) is 0 Å². The molecule has 0 radical (unpaired) electrons. The van der Waals surface area contributed by atoms with Crippen molar-refractivity contribution in [3.8, 4) is 0 Å². The van der Waals surface area contributed by atoms with Gasteiger partial charge in [-0.1, -0.05) is 34.3 Å². The van der Waals surface area contributed by atoms with Gasteiger partial charge in [0.15, 0.2) is 0 Å². The molecule has 0 saturated heterocycles. The molecule has 0 N–H and O–H groups in total. The summed E-state index contributed by atoms with van der Waals surface area (Å²) in [5, 5.41) is 0. The van der Waals surface area contributed by atoms with E-state index in [0.717, 1.165) is 0 Å². The molecule has 0 aliphatic rings. The molecule has 0 unspecified atom stereocenters. The normalized spacial score (nSPS) is 10.6. The molecule has 0 atom stereocenters. The molecule has 110 valence electrons. The fraction of sp³-hybridized carbons (Fsp3) is 0.444. The van der Waals surface area contributed by atoms with Crippen molar-refractivity contribution < 1.29 is 0 Å². The van der Waals surface area contributed by atoms with Gasteiger partial charge < -0.3 is 0 Å². The zero-order chi connectivity index (χ0) is 15.3. The molecule has 0 amide bonds. The van der Waals surface area contributed by atoms with Gasteiger partial charge in [0.05, 0.1) is 0 Å². The fourth-order valence-electron chi connectivity index (χ4n) is 1.66. The average molecular weight is 307 g/mol. The van der Waals surface area contributed by atoms with Gasteiger partial charge in [-0.25, -0.2) is 0 Å². The minimum Gasteiger partial charge on any atom is -0.145 e. The van der Waals surface area contributed by atoms with E-state index in [-0.39, 0.29) is 0 Å². The molecule has 20 heavy (non-hydrogen) atoms. The largest absolute Gasteiger partial charge is 0.145 e. The lowest BCUT2D eigenvalue weighted by Crippen LogP contribution is -1.77. The Morgan fingerprint density at radius 2 is 1.40 bits per heavy atom. The van der Waals surface area contributed by atoms with Gasteiger partial charge in [0.1, 0.15) is 0 Å². The standard InChI is InChI=1S/C10H14S.C8H12S/c1-7(2)9-5-6-10(11-9)8(3)4;1-6(2)8-5-4-7(3)9-8/h5-6,8H,1H2,2-4H3;4-6H,1-3H3. The first-order chi connectivity index (χ1) is 9.31. The third-order valence-electron chi connectivity index (χ3n) is 2.95. The van der Waals surface area contributed by atoms with E-state index >= 15 is 0 Å². The van der Waals surface area contributed by atoms with Gasteiger partial charge in [-0.2, -0.15) is 0 Å². The van der Waals surface area contributed by atoms with Gasteiger partial charge in [0, 0.05) is 19.5 Å². The topological polar surface area (TPSA) is 0 Å². The number of hydrogen-bond acceptors (Lipinski definition) is 2. The highest BCUT2D eigenvalue weighted by Gasteiger charge is 2.03. The van der Waals surface area contributed by atoms with Gasteiger partial charge in [0.25, 0.3) is 0 Å². The molecule has 0 spiro atoms. The van der Waals surface area contributed by atoms with Crippen LogP contribution in [0.3, 0.4) is 0 Å². The monoisotopic (exact) mass is 306 g/mol. The number of hydrogen-bond donors (Lipinski definition) is 0. The van der Waals surface area contributed by atoms with E-state index in [1.54, 1.807) is 0 Å². The highest BCUT2D eigenvalue weighted by atomic mass is 32.1. The summed E-state index contributed by atoms with van der Waals surface area (Å²) in [6.45, 7) is 17.0. The highest BCUT2D eigenvalue weighted by Crippen LogP contribution is 2.27. The van der Waals surface area contributed by atoms with Crippen LogP contribution in [0.2, 0.25) is 0 Å². The van der Waals surface area contributed by atoms with Crippen molar-refractivity contribution in [3.05, 3.63) is 50.4 Å². The molecule has 2 aromatic rings. The van der Waals surface area contributed by atoms with Gasteiger partial charge in [-0.15, -0.1) is 22.7 Å². The van der Waals surface area contributed by atoms with Crippen LogP contribution >= 0.6 is 22.7 Å². The van der Waals surface area contributed by atoms with Gasteiger partial charge in [-0.3, -0.25) is 0 Å². The Morgan fingerprint density at radius 3 is 1.65 bits per heavy atom. The number of rotatable bonds is 3. The molecular weight excluding hydrogens is 280 g/mol. The molecule has 2 aromatic heterocycles. The minimum absolute atomic E-state index is 0.646. The average Bonchev–Trinajstić information content (AvgIpc) is 2.97. The number of allylic oxidation sites excluding steroid dienone is 1. The lowest BCUT2D eigenvalue weighted by Gasteiger charge is -1.97. The first-order valence-corrected chi connectivity index (χ1v) is 8.76. The lowest BCUT2D eigenvalue weighted by atomic mass is 10.2. The van der Waals surface area contributed by atoms with Gasteiger partial charge >= 0.3 is 0 Å². The van der Waals surface area contributed by atoms with Crippen molar-refractivity contribution in [2.75, 3.05) is 0 Å². The summed E-state index contributed by atoms with van der Waals surface area (Å²) < 4.78 is 0. The Hall–Kier alpha value is -0.860. The molecule has 0 aromatic carbocycles. The van der Waals surface area contributed by atoms with Crippen LogP contribution in [-0.2, 0) is 0 Å². The molecule has 0 fully saturated rings. The van der Waals surface area contributed by atoms with Crippen LogP contribution in [0.1, 0.15) is 66.0 Å². The second kappa shape index (κ2) is 7.80. The van der Waals surface area contributed by atoms with Crippen LogP contribution in [0.15, 0.2) is 30.8 Å². The maximum absolute atomic E-state index is 3.91. The molecule has 0 saturated carbocycles. The van der Waals surface area contributed by atoms with Crippen LogP contribution in [0.25, 0.3) is 5.57 Å². The summed E-state index contributed by atoms with van der Waals surface area (Å²) in [6, 6.07) is 8.74. The Morgan fingerprint density at radius 1 is 0.900 bits per heavy atom. The second-order valence-electron chi connectivity index (χ2n) is 5.74. The molecule has 0 aliphatic carbocycles. The molecule has 0 bridgehead atoms. The number of thiophene rings is 2. The molecular formula is C18H26S2. The predicted molar refractivity (Wildman–Crippen MR) is 96.3 cm³/mol. The third kappa shape index (κ3) is 5.26. The van der Waals surface area contributed by atoms with Crippen molar-refractivity contribution >= 4 is 28.2 Å². The van der Waals surface area contributed by atoms with E-state index in [2.05, 4.69) is 72.4 Å². The summed E-state index contributed by atoms with van der Waals surface area (Å²) in [7, 11) is 0. The Kier molecular flexibility index (Phi) is 6.70. The maximum Gasteiger partial charge on any atom is 0.0296 e. The van der Waals surface area contributed by atoms with E-state index in [9.17, 15) is 0 Å². The first-order valence-electron chi connectivity index (χ1n) is 7.13. The zero-order valence-electron chi connectivity index (χ0n) is 13.5. The van der Waals surface area contributed by atoms with Crippen LogP contribution in [0.5, 0.6) is 0 Å². The molecule has 0 aliphatic heterocycles. The predicted octanol–water partition coefficient (Wildman–Crippen LogP) is 7.08. The van der Waals surface area contributed by atoms with Crippen molar-refractivity contribution in [2.24, 2.45) is 0 Å². The molecule has 2 heteroatoms. The van der Waals surface area contributed by atoms with Crippen LogP contribution in [0.4, 0.5) is 0 Å². The van der Waals surface area contributed by atoms with E-state index in [1.807, 2.05) is 22.7 Å². The van der Waals surface area contributed by atoms with E-state index in [1.165, 1.54) is 25.1 Å². The maximum atomic E-state index is 3.91. The van der Waals surface area contributed by atoms with E-state index < -0.39 is 0 Å². The van der Waals surface area contributed by atoms with E-state index in [4.69, 9.17) is 0 Å². The van der Waals surface area contributed by atoms with Crippen molar-refractivity contribution in [3.63, 3.8) is 0 Å². The van der Waals surface area contributed by atoms with Crippen LogP contribution in [0, 0.1) is 6.92 Å². The van der Waals surface area contributed by atoms with Gasteiger partial charge in [0.2, 0.25) is 0 Å². The van der Waals surface area contributed by atoms with Crippen LogP contribution < -0.4 is 0 Å². The summed E-state index contributed by atoms with van der Waals surface area (Å²) in [5.74, 6) is 1.34. The molecule has 0 nitrogen and oxygen atoms in total. The van der Waals surface area contributed by atoms with Crippen molar-refractivity contribution in [2.45, 2.75) is 53.4 Å². The Balaban J connectivity index is 0.000000204. The zero-order valence-corrected chi connectivity index (χ0v) is 15.1. The SMILES string of the molecule is C=C(C)c1ccc(C(C)C)s1.Cc1ccc(C(C)C)s1. The fourth-order valence-corrected chi connectivity index (χ4v) is 3.47. The van der Waals surface area contributed by atoms with Crippen molar-refractivity contribution in [1.82, 2.24) is 0 Å². The highest BCUT2D eigenvalue weighted by molar-refractivity contribution is 7.13. The van der Waals surface area contributed by atoms with Crippen LogP contribution in [-0.4, -0.2) is 0 Å². The lowest BCUT2D eigenvalue weighted by molar-refractivity contribution is 0.890. The molecule has 2 heterocycles. The van der Waals surface area contributed by atoms with Gasteiger partial charge in [-0.05, 0) is 55.5 Å². The summed E-state index contributed by atoms with van der Waals surface area (Å²) in [5.41, 5.74) is 1.17. The smallest absolute Gasteiger partial charge is 0.0296 e. The number of aryl methyl sites for hydroxylation is 1. The minimum atomic E-state index is 0.646. The summed E-state index contributed by atoms with van der Waals surface area (Å²) >= 11 is 3.75. The van der Waals surface area contributed by atoms with E-state index in [0.29, 0.717) is 11.8 Å².